The maximum absolute atomic E-state index is 12.9. The molecule has 1 aliphatic rings. The zero-order valence-electron chi connectivity index (χ0n) is 19.1. The molecule has 1 aliphatic heterocycles. The van der Waals surface area contributed by atoms with Crippen LogP contribution in [0.4, 0.5) is 34.6 Å². The molecule has 0 saturated heterocycles. The largest absolute Gasteiger partial charge is 0.416 e. The van der Waals surface area contributed by atoms with E-state index in [4.69, 9.17) is 0 Å². The van der Waals surface area contributed by atoms with Crippen molar-refractivity contribution in [3.63, 3.8) is 0 Å². The summed E-state index contributed by atoms with van der Waals surface area (Å²) in [4.78, 5) is 31.4. The zero-order chi connectivity index (χ0) is 25.8. The topological polar surface area (TPSA) is 105 Å². The molecule has 3 aromatic heterocycles. The standard InChI is InChI=1S/C24H20F3N7OS2/c25-24(26,27)15-4-1-5-16(9-15)33-22(35)34-23-30-12-17(36-23)6-8-29-21-20-18(31-13-32-21)10-19(37-20)14-3-2-7-28-11-14/h1-5,7,9,11-13,19H,6,8,10H2,(H,29,31,32)(H2,30,33,34,35). The molecule has 0 spiro atoms. The third-order valence-corrected chi connectivity index (χ3v) is 7.82. The van der Waals surface area contributed by atoms with Gasteiger partial charge in [0.1, 0.15) is 12.1 Å². The normalized spacial score (nSPS) is 14.7. The molecule has 5 rings (SSSR count). The third-order valence-electron chi connectivity index (χ3n) is 5.46. The third kappa shape index (κ3) is 6.17. The van der Waals surface area contributed by atoms with Crippen molar-refractivity contribution in [2.45, 2.75) is 29.2 Å². The van der Waals surface area contributed by atoms with Crippen LogP contribution < -0.4 is 16.0 Å². The summed E-state index contributed by atoms with van der Waals surface area (Å²) in [6, 6.07) is 7.75. The number of benzene rings is 1. The van der Waals surface area contributed by atoms with Crippen LogP contribution in [0.5, 0.6) is 0 Å². The summed E-state index contributed by atoms with van der Waals surface area (Å²) in [5, 5.41) is 8.92. The van der Waals surface area contributed by atoms with Crippen molar-refractivity contribution in [2.75, 3.05) is 22.5 Å². The fourth-order valence-electron chi connectivity index (χ4n) is 3.73. The van der Waals surface area contributed by atoms with Crippen LogP contribution in [0.3, 0.4) is 0 Å². The average molecular weight is 544 g/mol. The first-order chi connectivity index (χ1) is 17.8. The molecule has 1 aromatic carbocycles. The van der Waals surface area contributed by atoms with Crippen molar-refractivity contribution in [3.8, 4) is 0 Å². The predicted octanol–water partition coefficient (Wildman–Crippen LogP) is 6.04. The Morgan fingerprint density at radius 3 is 2.78 bits per heavy atom. The molecule has 190 valence electrons. The van der Waals surface area contributed by atoms with Crippen molar-refractivity contribution in [2.24, 2.45) is 0 Å². The number of thioether (sulfide) groups is 1. The van der Waals surface area contributed by atoms with Gasteiger partial charge in [0.15, 0.2) is 5.13 Å². The van der Waals surface area contributed by atoms with Crippen molar-refractivity contribution >= 4 is 45.8 Å². The Bertz CT molecular complexity index is 1400. The van der Waals surface area contributed by atoms with Crippen LogP contribution in [0.25, 0.3) is 0 Å². The molecule has 0 radical (unpaired) electrons. The molecule has 1 atom stereocenters. The number of fused-ring (bicyclic) bond motifs is 1. The molecule has 0 fully saturated rings. The molecule has 37 heavy (non-hydrogen) atoms. The van der Waals surface area contributed by atoms with Gasteiger partial charge in [-0.05, 0) is 29.8 Å². The van der Waals surface area contributed by atoms with Crippen LogP contribution >= 0.6 is 23.1 Å². The number of rotatable bonds is 7. The number of carbonyl (C=O) groups is 1. The van der Waals surface area contributed by atoms with E-state index in [0.29, 0.717) is 18.1 Å². The molecule has 4 heterocycles. The number of halogens is 3. The monoisotopic (exact) mass is 543 g/mol. The highest BCUT2D eigenvalue weighted by molar-refractivity contribution is 8.00. The first-order valence-electron chi connectivity index (χ1n) is 11.2. The number of alkyl halides is 3. The summed E-state index contributed by atoms with van der Waals surface area (Å²) in [6.45, 7) is 0.597. The smallest absolute Gasteiger partial charge is 0.369 e. The number of nitrogens with one attached hydrogen (secondary N) is 3. The number of pyridine rings is 1. The summed E-state index contributed by atoms with van der Waals surface area (Å²) in [5.41, 5.74) is 1.36. The minimum absolute atomic E-state index is 0.0364. The van der Waals surface area contributed by atoms with Crippen LogP contribution in [0.15, 0.2) is 66.2 Å². The van der Waals surface area contributed by atoms with E-state index in [0.717, 1.165) is 45.4 Å². The average Bonchev–Trinajstić information content (AvgIpc) is 3.51. The highest BCUT2D eigenvalue weighted by Gasteiger charge is 2.30. The van der Waals surface area contributed by atoms with Gasteiger partial charge in [0.2, 0.25) is 0 Å². The number of amides is 2. The van der Waals surface area contributed by atoms with E-state index in [9.17, 15) is 18.0 Å². The lowest BCUT2D eigenvalue weighted by Gasteiger charge is -2.10. The molecule has 3 N–H and O–H groups in total. The molecule has 0 saturated carbocycles. The number of carbonyl (C=O) groups excluding carboxylic acids is 1. The predicted molar refractivity (Wildman–Crippen MR) is 137 cm³/mol. The molecule has 4 aromatic rings. The lowest BCUT2D eigenvalue weighted by Crippen LogP contribution is -2.19. The first kappa shape index (κ1) is 25.0. The Labute approximate surface area is 218 Å². The summed E-state index contributed by atoms with van der Waals surface area (Å²) in [5.74, 6) is 0.782. The molecular weight excluding hydrogens is 523 g/mol. The van der Waals surface area contributed by atoms with Gasteiger partial charge >= 0.3 is 12.2 Å². The van der Waals surface area contributed by atoms with Gasteiger partial charge in [0.05, 0.1) is 16.2 Å². The van der Waals surface area contributed by atoms with Gasteiger partial charge in [0.25, 0.3) is 0 Å². The number of urea groups is 1. The van der Waals surface area contributed by atoms with E-state index in [-0.39, 0.29) is 10.9 Å². The lowest BCUT2D eigenvalue weighted by molar-refractivity contribution is -0.137. The summed E-state index contributed by atoms with van der Waals surface area (Å²) >= 11 is 3.01. The number of anilines is 3. The van der Waals surface area contributed by atoms with Gasteiger partial charge < -0.3 is 10.6 Å². The molecule has 1 unspecified atom stereocenters. The van der Waals surface area contributed by atoms with E-state index < -0.39 is 17.8 Å². The van der Waals surface area contributed by atoms with Gasteiger partial charge in [-0.15, -0.1) is 23.1 Å². The maximum Gasteiger partial charge on any atom is 0.416 e. The molecule has 13 heteroatoms. The summed E-state index contributed by atoms with van der Waals surface area (Å²) < 4.78 is 38.6. The van der Waals surface area contributed by atoms with E-state index in [1.807, 2.05) is 12.3 Å². The molecule has 0 aliphatic carbocycles. The van der Waals surface area contributed by atoms with Crippen molar-refractivity contribution < 1.29 is 18.0 Å². The van der Waals surface area contributed by atoms with Crippen LogP contribution in [-0.2, 0) is 19.0 Å². The SMILES string of the molecule is O=C(Nc1cccc(C(F)(F)F)c1)Nc1ncc(CCNc2ncnc3c2SC(c2cccnc2)C3)s1. The van der Waals surface area contributed by atoms with Crippen LogP contribution in [-0.4, -0.2) is 32.5 Å². The zero-order valence-corrected chi connectivity index (χ0v) is 20.8. The number of hydrogen-bond acceptors (Lipinski definition) is 8. The summed E-state index contributed by atoms with van der Waals surface area (Å²) in [7, 11) is 0. The number of nitrogens with zero attached hydrogens (tertiary/aromatic N) is 4. The second-order valence-electron chi connectivity index (χ2n) is 8.06. The summed E-state index contributed by atoms with van der Waals surface area (Å²) in [6.07, 6.45) is 3.82. The van der Waals surface area contributed by atoms with Crippen LogP contribution in [0.2, 0.25) is 0 Å². The van der Waals surface area contributed by atoms with Gasteiger partial charge in [0, 0.05) is 53.8 Å². The molecule has 2 amide bonds. The van der Waals surface area contributed by atoms with E-state index in [1.165, 1.54) is 23.5 Å². The minimum Gasteiger partial charge on any atom is -0.369 e. The lowest BCUT2D eigenvalue weighted by atomic mass is 10.1. The van der Waals surface area contributed by atoms with Gasteiger partial charge in [-0.25, -0.2) is 19.7 Å². The first-order valence-corrected chi connectivity index (χ1v) is 12.9. The number of aromatic nitrogens is 4. The second kappa shape index (κ2) is 10.7. The number of thiazole rings is 1. The van der Waals surface area contributed by atoms with E-state index in [2.05, 4.69) is 42.0 Å². The second-order valence-corrected chi connectivity index (χ2v) is 10.4. The van der Waals surface area contributed by atoms with Gasteiger partial charge in [-0.3, -0.25) is 10.3 Å². The fourth-order valence-corrected chi connectivity index (χ4v) is 5.85. The Morgan fingerprint density at radius 2 is 1.97 bits per heavy atom. The minimum atomic E-state index is -4.49. The molecule has 0 bridgehead atoms. The highest BCUT2D eigenvalue weighted by Crippen LogP contribution is 2.47. The van der Waals surface area contributed by atoms with Crippen molar-refractivity contribution in [3.05, 3.63) is 83.0 Å². The van der Waals surface area contributed by atoms with Crippen molar-refractivity contribution in [1.29, 1.82) is 0 Å². The van der Waals surface area contributed by atoms with Crippen LogP contribution in [0, 0.1) is 0 Å². The van der Waals surface area contributed by atoms with Gasteiger partial charge in [-0.1, -0.05) is 12.1 Å². The Balaban J connectivity index is 1.13. The fraction of sp³-hybridized carbons (Fsp3) is 0.208. The Morgan fingerprint density at radius 1 is 1.08 bits per heavy atom. The van der Waals surface area contributed by atoms with Crippen molar-refractivity contribution in [1.82, 2.24) is 19.9 Å². The Kier molecular flexibility index (Phi) is 7.24. The quantitative estimate of drug-likeness (QED) is 0.261. The van der Waals surface area contributed by atoms with Crippen LogP contribution in [0.1, 0.15) is 26.9 Å². The maximum atomic E-state index is 12.9. The van der Waals surface area contributed by atoms with Gasteiger partial charge in [-0.2, -0.15) is 13.2 Å². The number of hydrogen-bond donors (Lipinski definition) is 3. The molecule has 8 nitrogen and oxygen atoms in total. The van der Waals surface area contributed by atoms with E-state index in [1.54, 1.807) is 30.5 Å². The Hall–Kier alpha value is -3.71. The molecular formula is C24H20F3N7OS2. The highest BCUT2D eigenvalue weighted by atomic mass is 32.2. The van der Waals surface area contributed by atoms with E-state index >= 15 is 0 Å².